The third kappa shape index (κ3) is 6.16. The fourth-order valence-electron chi connectivity index (χ4n) is 7.78. The summed E-state index contributed by atoms with van der Waals surface area (Å²) in [4.78, 5) is 42.2. The molecule has 2 aromatic carbocycles. The third-order valence-electron chi connectivity index (χ3n) is 10.4. The maximum absolute atomic E-state index is 16.2. The van der Waals surface area contributed by atoms with Crippen LogP contribution in [0.1, 0.15) is 45.1 Å². The van der Waals surface area contributed by atoms with E-state index in [1.807, 2.05) is 23.8 Å². The molecule has 3 aliphatic rings. The molecule has 0 radical (unpaired) electrons. The van der Waals surface area contributed by atoms with E-state index < -0.39 is 11.6 Å². The van der Waals surface area contributed by atoms with Gasteiger partial charge in [-0.3, -0.25) is 14.6 Å². The molecule has 1 aliphatic carbocycles. The minimum absolute atomic E-state index is 0.00374. The van der Waals surface area contributed by atoms with Gasteiger partial charge in [-0.1, -0.05) is 43.2 Å². The lowest BCUT2D eigenvalue weighted by Gasteiger charge is -2.31. The molecular weight excluding hydrogens is 626 g/mol. The highest BCUT2D eigenvalue weighted by molar-refractivity contribution is 6.02. The van der Waals surface area contributed by atoms with Crippen LogP contribution in [0.4, 0.5) is 14.6 Å². The number of likely N-dealkylation sites (tertiary alicyclic amines) is 2. The van der Waals surface area contributed by atoms with Crippen molar-refractivity contribution in [1.82, 2.24) is 24.8 Å². The molecule has 1 saturated carbocycles. The van der Waals surface area contributed by atoms with Gasteiger partial charge in [0.15, 0.2) is 5.82 Å². The van der Waals surface area contributed by atoms with Crippen molar-refractivity contribution in [3.05, 3.63) is 66.4 Å². The summed E-state index contributed by atoms with van der Waals surface area (Å²) < 4.78 is 36.1. The molecule has 4 aromatic rings. The average molecular weight is 667 g/mol. The Labute approximate surface area is 285 Å². The summed E-state index contributed by atoms with van der Waals surface area (Å²) in [5.74, 6) is 3.34. The van der Waals surface area contributed by atoms with Crippen LogP contribution in [0.3, 0.4) is 0 Å². The van der Waals surface area contributed by atoms with Gasteiger partial charge in [0, 0.05) is 56.8 Å². The van der Waals surface area contributed by atoms with Crippen molar-refractivity contribution < 1.29 is 23.1 Å². The van der Waals surface area contributed by atoms with Gasteiger partial charge in [0.1, 0.15) is 22.8 Å². The van der Waals surface area contributed by atoms with E-state index >= 15 is 4.39 Å². The molecule has 0 N–H and O–H groups in total. The Hall–Kier alpha value is -5.11. The summed E-state index contributed by atoms with van der Waals surface area (Å²) in [6.45, 7) is 9.87. The van der Waals surface area contributed by atoms with Crippen LogP contribution in [-0.4, -0.2) is 82.4 Å². The summed E-state index contributed by atoms with van der Waals surface area (Å²) in [7, 11) is 3.24. The monoisotopic (exact) mass is 666 g/mol. The van der Waals surface area contributed by atoms with E-state index in [-0.39, 0.29) is 46.7 Å². The summed E-state index contributed by atoms with van der Waals surface area (Å²) in [6.07, 6.45) is 13.2. The Morgan fingerprint density at radius 1 is 1.12 bits per heavy atom. The Balaban J connectivity index is 0.000000319. The first kappa shape index (κ1) is 33.8. The second-order valence-electron chi connectivity index (χ2n) is 13.0. The number of nitrogens with zero attached hydrogens (tertiary/aromatic N) is 6. The molecule has 2 aromatic heterocycles. The number of ether oxygens (including phenoxy) is 1. The number of aromatic nitrogens is 3. The minimum Gasteiger partial charge on any atom is -0.467 e. The van der Waals surface area contributed by atoms with E-state index in [2.05, 4.69) is 27.5 Å². The number of rotatable bonds is 5. The van der Waals surface area contributed by atoms with E-state index in [0.717, 1.165) is 24.9 Å². The van der Waals surface area contributed by atoms with Gasteiger partial charge in [-0.05, 0) is 55.6 Å². The summed E-state index contributed by atoms with van der Waals surface area (Å²) in [5.41, 5.74) is 0.374. The summed E-state index contributed by atoms with van der Waals surface area (Å²) in [5, 5.41) is 1.43. The number of hydrogen-bond donors (Lipinski definition) is 0. The number of carbonyl (C=O) groups is 2. The van der Waals surface area contributed by atoms with Crippen molar-refractivity contribution in [2.75, 3.05) is 38.7 Å². The summed E-state index contributed by atoms with van der Waals surface area (Å²) >= 11 is 0. The van der Waals surface area contributed by atoms with Crippen LogP contribution in [0.2, 0.25) is 0 Å². The van der Waals surface area contributed by atoms with Gasteiger partial charge in [0.25, 0.3) is 0 Å². The second-order valence-corrected chi connectivity index (χ2v) is 13.0. The number of carbonyl (C=O) groups excluding carboxylic acids is 2. The van der Waals surface area contributed by atoms with Gasteiger partial charge in [0.2, 0.25) is 11.8 Å². The van der Waals surface area contributed by atoms with Crippen molar-refractivity contribution in [3.63, 3.8) is 0 Å². The van der Waals surface area contributed by atoms with Crippen LogP contribution in [0, 0.1) is 35.8 Å². The standard InChI is InChI=1S/C29H25F2N5O2.C9H15NO/c1-6-18-21(30)12-11-17-9-8-10-19(24(17)18)26-25(31)27-20(15-32-26)28(34-29(33-27)38-5)35(4)22-13-14-36(16(22)3)23(37)7-2;1-7(11)10-5-8-3-2-4-9(8)6-10/h1,7-12,15-16,22H,2,13-14H2,3-5H3;8-9H,2-6H2,1H3. The van der Waals surface area contributed by atoms with Crippen molar-refractivity contribution >= 4 is 39.3 Å². The van der Waals surface area contributed by atoms with E-state index in [1.54, 1.807) is 36.1 Å². The zero-order chi connectivity index (χ0) is 35.0. The van der Waals surface area contributed by atoms with Crippen LogP contribution in [-0.2, 0) is 9.59 Å². The molecule has 0 spiro atoms. The zero-order valence-corrected chi connectivity index (χ0v) is 28.2. The Bertz CT molecular complexity index is 1980. The SMILES string of the molecule is C#Cc1c(F)ccc2cccc(-c3ncc4c(N(C)C5CCN(C(=O)C=C)C5C)nc(OC)nc4c3F)c12.CC(=O)N1CC2CCCC2C1. The van der Waals surface area contributed by atoms with E-state index in [0.29, 0.717) is 40.5 Å². The maximum Gasteiger partial charge on any atom is 0.318 e. The van der Waals surface area contributed by atoms with Crippen LogP contribution in [0.15, 0.2) is 49.2 Å². The van der Waals surface area contributed by atoms with Gasteiger partial charge in [-0.15, -0.1) is 6.42 Å². The predicted molar refractivity (Wildman–Crippen MR) is 186 cm³/mol. The predicted octanol–water partition coefficient (Wildman–Crippen LogP) is 5.99. The van der Waals surface area contributed by atoms with Crippen LogP contribution >= 0.6 is 0 Å². The lowest BCUT2D eigenvalue weighted by molar-refractivity contribution is -0.128. The third-order valence-corrected chi connectivity index (χ3v) is 10.4. The first-order valence-corrected chi connectivity index (χ1v) is 16.6. The van der Waals surface area contributed by atoms with Crippen molar-refractivity contribution in [3.8, 4) is 29.6 Å². The number of likely N-dealkylation sites (N-methyl/N-ethyl adjacent to an activating group) is 1. The normalized spacial score (nSPS) is 21.2. The van der Waals surface area contributed by atoms with Gasteiger partial charge in [0.05, 0.1) is 24.1 Å². The largest absolute Gasteiger partial charge is 0.467 e. The highest BCUT2D eigenvalue weighted by atomic mass is 19.1. The molecule has 7 rings (SSSR count). The fraction of sp³-hybridized carbons (Fsp3) is 0.395. The molecule has 2 saturated heterocycles. The van der Waals surface area contributed by atoms with Gasteiger partial charge < -0.3 is 19.4 Å². The minimum atomic E-state index is -0.708. The number of terminal acetylenes is 1. The first-order valence-electron chi connectivity index (χ1n) is 16.6. The van der Waals surface area contributed by atoms with Gasteiger partial charge in [-0.2, -0.15) is 9.97 Å². The number of anilines is 1. The molecule has 0 bridgehead atoms. The highest BCUT2D eigenvalue weighted by Gasteiger charge is 2.38. The van der Waals surface area contributed by atoms with Crippen molar-refractivity contribution in [2.45, 2.75) is 51.6 Å². The number of halogens is 2. The molecular formula is C38H40F2N6O3. The molecule has 4 unspecified atom stereocenters. The van der Waals surface area contributed by atoms with Gasteiger partial charge >= 0.3 is 6.01 Å². The molecule has 254 valence electrons. The lowest BCUT2D eigenvalue weighted by atomic mass is 9.96. The van der Waals surface area contributed by atoms with Crippen LogP contribution in [0.25, 0.3) is 32.9 Å². The van der Waals surface area contributed by atoms with Gasteiger partial charge in [-0.25, -0.2) is 8.78 Å². The fourth-order valence-corrected chi connectivity index (χ4v) is 7.78. The number of methoxy groups -OCH3 is 1. The van der Waals surface area contributed by atoms with Crippen LogP contribution < -0.4 is 9.64 Å². The van der Waals surface area contributed by atoms with Crippen LogP contribution in [0.5, 0.6) is 6.01 Å². The molecule has 9 nitrogen and oxygen atoms in total. The zero-order valence-electron chi connectivity index (χ0n) is 28.2. The molecule has 4 atom stereocenters. The molecule has 2 amide bonds. The maximum atomic E-state index is 16.2. The number of fused-ring (bicyclic) bond motifs is 3. The molecule has 3 fully saturated rings. The topological polar surface area (TPSA) is 91.8 Å². The Morgan fingerprint density at radius 2 is 1.86 bits per heavy atom. The Kier molecular flexibility index (Phi) is 9.50. The van der Waals surface area contributed by atoms with E-state index in [1.165, 1.54) is 44.7 Å². The van der Waals surface area contributed by atoms with Crippen molar-refractivity contribution in [2.24, 2.45) is 11.8 Å². The van der Waals surface area contributed by atoms with Crippen molar-refractivity contribution in [1.29, 1.82) is 0 Å². The number of pyridine rings is 1. The quantitative estimate of drug-likeness (QED) is 0.191. The first-order chi connectivity index (χ1) is 23.6. The van der Waals surface area contributed by atoms with E-state index in [9.17, 15) is 14.0 Å². The lowest BCUT2D eigenvalue weighted by Crippen LogP contribution is -2.43. The Morgan fingerprint density at radius 3 is 2.51 bits per heavy atom. The number of benzene rings is 2. The molecule has 49 heavy (non-hydrogen) atoms. The smallest absolute Gasteiger partial charge is 0.318 e. The summed E-state index contributed by atoms with van der Waals surface area (Å²) in [6, 6.07) is 7.80. The number of amides is 2. The van der Waals surface area contributed by atoms with E-state index in [4.69, 9.17) is 11.2 Å². The highest BCUT2D eigenvalue weighted by Crippen LogP contribution is 2.39. The molecule has 11 heteroatoms. The number of hydrogen-bond acceptors (Lipinski definition) is 7. The molecule has 4 heterocycles. The average Bonchev–Trinajstić information content (AvgIpc) is 3.83. The second kappa shape index (κ2) is 13.8. The molecule has 2 aliphatic heterocycles.